The van der Waals surface area contributed by atoms with E-state index in [1.807, 2.05) is 17.7 Å². The molecule has 1 aromatic heterocycles. The minimum Gasteiger partial charge on any atom is -0.493 e. The van der Waals surface area contributed by atoms with Crippen molar-refractivity contribution in [1.82, 2.24) is 14.3 Å². The molecular weight excluding hydrogens is 360 g/mol. The van der Waals surface area contributed by atoms with E-state index in [-0.39, 0.29) is 0 Å². The number of nitrogens with zero attached hydrogens (tertiary/aromatic N) is 3. The van der Waals surface area contributed by atoms with Crippen molar-refractivity contribution in [2.24, 2.45) is 0 Å². The number of rotatable bonds is 9. The molecule has 1 aromatic carbocycles. The van der Waals surface area contributed by atoms with Crippen LogP contribution in [0.15, 0.2) is 18.2 Å². The van der Waals surface area contributed by atoms with Gasteiger partial charge in [-0.25, -0.2) is 0 Å². The van der Waals surface area contributed by atoms with Crippen LogP contribution in [0.5, 0.6) is 11.5 Å². The van der Waals surface area contributed by atoms with Crippen LogP contribution in [0.3, 0.4) is 0 Å². The van der Waals surface area contributed by atoms with Crippen LogP contribution in [0.2, 0.25) is 0 Å². The van der Waals surface area contributed by atoms with Gasteiger partial charge in [-0.15, -0.1) is 0 Å². The van der Waals surface area contributed by atoms with Gasteiger partial charge in [0.15, 0.2) is 18.2 Å². The minimum atomic E-state index is 0.595. The van der Waals surface area contributed by atoms with Crippen molar-refractivity contribution < 1.29 is 14.4 Å². The summed E-state index contributed by atoms with van der Waals surface area (Å²) >= 11 is 5.76. The molecule has 2 aromatic rings. The Labute approximate surface area is 165 Å². The van der Waals surface area contributed by atoms with Crippen LogP contribution in [0, 0.1) is 4.77 Å². The normalized spacial score (nSPS) is 17.7. The first-order chi connectivity index (χ1) is 13.1. The molecule has 0 spiro atoms. The highest BCUT2D eigenvalue weighted by molar-refractivity contribution is 7.71. The molecule has 1 N–H and O–H groups in total. The SMILES string of the molecule is CCOc1ccc(C[NH+](C)Cn2nc(C3CC3)n(C3CC3)c2=S)cc1OC. The average molecular weight is 390 g/mol. The topological polar surface area (TPSA) is 45.7 Å². The third-order valence-corrected chi connectivity index (χ3v) is 5.61. The van der Waals surface area contributed by atoms with E-state index in [0.717, 1.165) is 29.5 Å². The fourth-order valence-corrected chi connectivity index (χ4v) is 3.94. The predicted molar refractivity (Wildman–Crippen MR) is 106 cm³/mol. The number of hydrogen-bond donors (Lipinski definition) is 1. The smallest absolute Gasteiger partial charge is 0.203 e. The zero-order valence-corrected chi connectivity index (χ0v) is 17.2. The molecule has 0 saturated heterocycles. The largest absolute Gasteiger partial charge is 0.493 e. The number of benzene rings is 1. The van der Waals surface area contributed by atoms with Gasteiger partial charge < -0.3 is 18.9 Å². The Morgan fingerprint density at radius 2 is 2.00 bits per heavy atom. The summed E-state index contributed by atoms with van der Waals surface area (Å²) in [4.78, 5) is 1.33. The molecule has 7 heteroatoms. The van der Waals surface area contributed by atoms with Crippen molar-refractivity contribution in [2.75, 3.05) is 20.8 Å². The quantitative estimate of drug-likeness (QED) is 0.670. The summed E-state index contributed by atoms with van der Waals surface area (Å²) in [7, 11) is 3.86. The Balaban J connectivity index is 1.47. The third-order valence-electron chi connectivity index (χ3n) is 5.20. The van der Waals surface area contributed by atoms with Gasteiger partial charge in [0.2, 0.25) is 4.77 Å². The molecule has 1 unspecified atom stereocenters. The van der Waals surface area contributed by atoms with Crippen LogP contribution in [-0.2, 0) is 13.2 Å². The summed E-state index contributed by atoms with van der Waals surface area (Å²) < 4.78 is 16.3. The molecule has 0 radical (unpaired) electrons. The lowest BCUT2D eigenvalue weighted by atomic mass is 10.2. The van der Waals surface area contributed by atoms with Gasteiger partial charge in [0, 0.05) is 17.5 Å². The molecule has 2 saturated carbocycles. The fourth-order valence-electron chi connectivity index (χ4n) is 3.59. The molecule has 2 aliphatic carbocycles. The number of quaternary nitrogens is 1. The zero-order chi connectivity index (χ0) is 19.0. The first-order valence-corrected chi connectivity index (χ1v) is 10.3. The Morgan fingerprint density at radius 3 is 2.63 bits per heavy atom. The molecule has 0 aliphatic heterocycles. The molecule has 27 heavy (non-hydrogen) atoms. The van der Waals surface area contributed by atoms with E-state index in [2.05, 4.69) is 23.7 Å². The van der Waals surface area contributed by atoms with Gasteiger partial charge in [0.25, 0.3) is 0 Å². The minimum absolute atomic E-state index is 0.595. The lowest BCUT2D eigenvalue weighted by molar-refractivity contribution is -0.917. The van der Waals surface area contributed by atoms with Crippen LogP contribution < -0.4 is 14.4 Å². The van der Waals surface area contributed by atoms with E-state index in [1.54, 1.807) is 7.11 Å². The van der Waals surface area contributed by atoms with Gasteiger partial charge in [-0.3, -0.25) is 0 Å². The van der Waals surface area contributed by atoms with E-state index in [9.17, 15) is 0 Å². The maximum atomic E-state index is 5.76. The molecule has 2 aliphatic rings. The molecular formula is C20H29N4O2S+. The standard InChI is InChI=1S/C20H28N4O2S/c1-4-26-17-10-5-14(11-18(17)25-3)12-22(2)13-23-20(27)24(16-8-9-16)19(21-23)15-6-7-15/h5,10-11,15-16H,4,6-9,12-13H2,1-3H3/p+1. The predicted octanol–water partition coefficient (Wildman–Crippen LogP) is 2.71. The first kappa shape index (κ1) is 18.5. The summed E-state index contributed by atoms with van der Waals surface area (Å²) in [6.07, 6.45) is 5.00. The van der Waals surface area contributed by atoms with E-state index in [0.29, 0.717) is 18.6 Å². The van der Waals surface area contributed by atoms with Crippen LogP contribution in [-0.4, -0.2) is 35.1 Å². The van der Waals surface area contributed by atoms with Crippen molar-refractivity contribution in [3.05, 3.63) is 34.4 Å². The molecule has 1 heterocycles. The van der Waals surface area contributed by atoms with Crippen molar-refractivity contribution in [1.29, 1.82) is 0 Å². The second kappa shape index (κ2) is 7.64. The Bertz CT molecular complexity index is 867. The molecule has 2 fully saturated rings. The highest BCUT2D eigenvalue weighted by Gasteiger charge is 2.36. The van der Waals surface area contributed by atoms with E-state index < -0.39 is 0 Å². The fraction of sp³-hybridized carbons (Fsp3) is 0.600. The lowest BCUT2D eigenvalue weighted by Gasteiger charge is -2.15. The highest BCUT2D eigenvalue weighted by atomic mass is 32.1. The molecule has 0 bridgehead atoms. The van der Waals surface area contributed by atoms with Gasteiger partial charge in [0.05, 0.1) is 20.8 Å². The second-order valence-corrected chi connectivity index (χ2v) is 8.09. The number of hydrogen-bond acceptors (Lipinski definition) is 4. The Hall–Kier alpha value is -1.86. The van der Waals surface area contributed by atoms with Crippen molar-refractivity contribution in [2.45, 2.75) is 57.8 Å². The summed E-state index contributed by atoms with van der Waals surface area (Å²) in [6.45, 7) is 4.25. The van der Waals surface area contributed by atoms with Crippen molar-refractivity contribution >= 4 is 12.2 Å². The lowest BCUT2D eigenvalue weighted by Crippen LogP contribution is -3.07. The van der Waals surface area contributed by atoms with Crippen molar-refractivity contribution in [3.63, 3.8) is 0 Å². The maximum absolute atomic E-state index is 5.76. The Morgan fingerprint density at radius 1 is 1.22 bits per heavy atom. The summed E-state index contributed by atoms with van der Waals surface area (Å²) in [6, 6.07) is 6.75. The van der Waals surface area contributed by atoms with Crippen LogP contribution in [0.25, 0.3) is 0 Å². The molecule has 1 atom stereocenters. The highest BCUT2D eigenvalue weighted by Crippen LogP contribution is 2.44. The first-order valence-electron chi connectivity index (χ1n) is 9.91. The van der Waals surface area contributed by atoms with Crippen LogP contribution in [0.4, 0.5) is 0 Å². The molecule has 0 amide bonds. The number of nitrogens with one attached hydrogen (secondary N) is 1. The molecule has 146 valence electrons. The van der Waals surface area contributed by atoms with Crippen LogP contribution >= 0.6 is 12.2 Å². The van der Waals surface area contributed by atoms with E-state index in [1.165, 1.54) is 42.0 Å². The van der Waals surface area contributed by atoms with Gasteiger partial charge >= 0.3 is 0 Å². The van der Waals surface area contributed by atoms with Gasteiger partial charge in [-0.05, 0) is 63.0 Å². The van der Waals surface area contributed by atoms with E-state index in [4.69, 9.17) is 26.8 Å². The zero-order valence-electron chi connectivity index (χ0n) is 16.4. The average Bonchev–Trinajstić information content (AvgIpc) is 3.56. The Kier molecular flexibility index (Phi) is 5.23. The molecule has 6 nitrogen and oxygen atoms in total. The third kappa shape index (κ3) is 4.04. The van der Waals surface area contributed by atoms with Crippen LogP contribution in [0.1, 0.15) is 56.0 Å². The number of aromatic nitrogens is 3. The van der Waals surface area contributed by atoms with E-state index >= 15 is 0 Å². The monoisotopic (exact) mass is 389 g/mol. The number of ether oxygens (including phenoxy) is 2. The van der Waals surface area contributed by atoms with Gasteiger partial charge in [0.1, 0.15) is 12.4 Å². The van der Waals surface area contributed by atoms with Crippen molar-refractivity contribution in [3.8, 4) is 11.5 Å². The second-order valence-electron chi connectivity index (χ2n) is 7.73. The maximum Gasteiger partial charge on any atom is 0.203 e. The summed E-state index contributed by atoms with van der Waals surface area (Å²) in [5.41, 5.74) is 1.21. The number of methoxy groups -OCH3 is 1. The molecule has 4 rings (SSSR count). The van der Waals surface area contributed by atoms with Gasteiger partial charge in [-0.2, -0.15) is 9.78 Å². The van der Waals surface area contributed by atoms with Gasteiger partial charge in [-0.1, -0.05) is 0 Å². The summed E-state index contributed by atoms with van der Waals surface area (Å²) in [5, 5.41) is 4.90. The summed E-state index contributed by atoms with van der Waals surface area (Å²) in [5.74, 6) is 3.43.